The van der Waals surface area contributed by atoms with Gasteiger partial charge in [0.05, 0.1) is 12.6 Å². The zero-order valence-electron chi connectivity index (χ0n) is 16.5. The van der Waals surface area contributed by atoms with E-state index >= 15 is 0 Å². The molecule has 0 fully saturated rings. The van der Waals surface area contributed by atoms with Gasteiger partial charge in [-0.25, -0.2) is 0 Å². The molecule has 0 spiro atoms. The van der Waals surface area contributed by atoms with Crippen molar-refractivity contribution in [2.24, 2.45) is 0 Å². The largest absolute Gasteiger partial charge is 0.494 e. The van der Waals surface area contributed by atoms with Crippen LogP contribution in [0.4, 0.5) is 0 Å². The zero-order valence-corrected chi connectivity index (χ0v) is 16.5. The van der Waals surface area contributed by atoms with Gasteiger partial charge in [0.25, 0.3) is 0 Å². The summed E-state index contributed by atoms with van der Waals surface area (Å²) in [5.41, 5.74) is 3.66. The predicted molar refractivity (Wildman–Crippen MR) is 108 cm³/mol. The van der Waals surface area contributed by atoms with Crippen molar-refractivity contribution in [3.8, 4) is 5.75 Å². The average Bonchev–Trinajstić information content (AvgIpc) is 2.67. The average molecular weight is 354 g/mol. The second kappa shape index (κ2) is 10.0. The Morgan fingerprint density at radius 2 is 1.69 bits per heavy atom. The number of nitrogens with zero attached hydrogens (tertiary/aromatic N) is 1. The summed E-state index contributed by atoms with van der Waals surface area (Å²) in [4.78, 5) is 14.5. The lowest BCUT2D eigenvalue weighted by Crippen LogP contribution is -2.34. The van der Waals surface area contributed by atoms with Crippen LogP contribution < -0.4 is 4.74 Å². The van der Waals surface area contributed by atoms with Crippen molar-refractivity contribution >= 4 is 5.91 Å². The van der Waals surface area contributed by atoms with E-state index in [4.69, 9.17) is 4.74 Å². The van der Waals surface area contributed by atoms with Crippen molar-refractivity contribution in [2.75, 3.05) is 13.2 Å². The number of hydrogen-bond donors (Lipinski definition) is 0. The van der Waals surface area contributed by atoms with Crippen LogP contribution in [0.3, 0.4) is 0 Å². The summed E-state index contributed by atoms with van der Waals surface area (Å²) < 4.78 is 5.65. The molecule has 1 atom stereocenters. The fraction of sp³-hybridized carbons (Fsp3) is 0.435. The van der Waals surface area contributed by atoms with Crippen LogP contribution in [-0.2, 0) is 11.2 Å². The summed E-state index contributed by atoms with van der Waals surface area (Å²) in [6, 6.07) is 16.7. The molecule has 0 saturated heterocycles. The van der Waals surface area contributed by atoms with Gasteiger partial charge in [-0.3, -0.25) is 4.79 Å². The Labute approximate surface area is 158 Å². The highest BCUT2D eigenvalue weighted by atomic mass is 16.5. The Kier molecular flexibility index (Phi) is 7.71. The number of benzene rings is 2. The molecule has 0 radical (unpaired) electrons. The summed E-state index contributed by atoms with van der Waals surface area (Å²) in [6.07, 6.45) is 2.39. The number of carbonyl (C=O) groups excluding carboxylic acids is 1. The molecule has 3 heteroatoms. The molecule has 0 N–H and O–H groups in total. The third kappa shape index (κ3) is 5.62. The van der Waals surface area contributed by atoms with Crippen LogP contribution in [0, 0.1) is 6.92 Å². The van der Waals surface area contributed by atoms with Crippen LogP contribution in [0.1, 0.15) is 56.3 Å². The fourth-order valence-electron chi connectivity index (χ4n) is 2.98. The van der Waals surface area contributed by atoms with Gasteiger partial charge in [0.1, 0.15) is 5.75 Å². The minimum absolute atomic E-state index is 0.0492. The molecule has 0 aliphatic heterocycles. The first kappa shape index (κ1) is 20.0. The Hall–Kier alpha value is -2.29. The van der Waals surface area contributed by atoms with Gasteiger partial charge < -0.3 is 9.64 Å². The Balaban J connectivity index is 2.07. The van der Waals surface area contributed by atoms with Crippen molar-refractivity contribution in [3.05, 3.63) is 65.2 Å². The molecule has 0 aliphatic rings. The van der Waals surface area contributed by atoms with E-state index in [9.17, 15) is 4.79 Å². The SMILES string of the molecule is CCCOc1ccc(C(C)N(CCc2ccc(C)cc2)C(=O)CC)cc1. The lowest BCUT2D eigenvalue weighted by atomic mass is 10.0. The van der Waals surface area contributed by atoms with Crippen molar-refractivity contribution in [1.82, 2.24) is 4.90 Å². The van der Waals surface area contributed by atoms with Crippen LogP contribution in [-0.4, -0.2) is 24.0 Å². The number of rotatable bonds is 9. The molecule has 0 aliphatic carbocycles. The normalized spacial score (nSPS) is 11.8. The van der Waals surface area contributed by atoms with Crippen LogP contribution >= 0.6 is 0 Å². The molecule has 26 heavy (non-hydrogen) atoms. The monoisotopic (exact) mass is 353 g/mol. The first-order valence-electron chi connectivity index (χ1n) is 9.63. The summed E-state index contributed by atoms with van der Waals surface area (Å²) in [5.74, 6) is 1.08. The van der Waals surface area contributed by atoms with Gasteiger partial charge in [0, 0.05) is 13.0 Å². The van der Waals surface area contributed by atoms with Gasteiger partial charge >= 0.3 is 0 Å². The number of amides is 1. The van der Waals surface area contributed by atoms with Crippen molar-refractivity contribution in [1.29, 1.82) is 0 Å². The first-order valence-corrected chi connectivity index (χ1v) is 9.63. The topological polar surface area (TPSA) is 29.5 Å². The van der Waals surface area contributed by atoms with E-state index in [-0.39, 0.29) is 11.9 Å². The molecule has 140 valence electrons. The van der Waals surface area contributed by atoms with Crippen molar-refractivity contribution in [2.45, 2.75) is 53.0 Å². The van der Waals surface area contributed by atoms with Gasteiger partial charge in [-0.05, 0) is 49.9 Å². The Morgan fingerprint density at radius 3 is 2.27 bits per heavy atom. The standard InChI is InChI=1S/C23H31NO2/c1-5-17-26-22-13-11-21(12-14-22)19(4)24(23(25)6-2)16-15-20-9-7-18(3)8-10-20/h7-14,19H,5-6,15-17H2,1-4H3. The van der Waals surface area contributed by atoms with E-state index in [2.05, 4.69) is 57.2 Å². The highest BCUT2D eigenvalue weighted by Crippen LogP contribution is 2.24. The number of hydrogen-bond acceptors (Lipinski definition) is 2. The minimum atomic E-state index is 0.0492. The first-order chi connectivity index (χ1) is 12.5. The molecule has 0 bridgehead atoms. The van der Waals surface area contributed by atoms with Gasteiger partial charge in [-0.15, -0.1) is 0 Å². The Bertz CT molecular complexity index is 676. The molecular formula is C23H31NO2. The smallest absolute Gasteiger partial charge is 0.222 e. The van der Waals surface area contributed by atoms with E-state index in [1.54, 1.807) is 0 Å². The zero-order chi connectivity index (χ0) is 18.9. The maximum absolute atomic E-state index is 12.5. The fourth-order valence-corrected chi connectivity index (χ4v) is 2.98. The van der Waals surface area contributed by atoms with E-state index in [1.165, 1.54) is 11.1 Å². The van der Waals surface area contributed by atoms with Gasteiger partial charge in [-0.1, -0.05) is 55.8 Å². The maximum Gasteiger partial charge on any atom is 0.222 e. The lowest BCUT2D eigenvalue weighted by Gasteiger charge is -2.30. The van der Waals surface area contributed by atoms with Gasteiger partial charge in [-0.2, -0.15) is 0 Å². The highest BCUT2D eigenvalue weighted by molar-refractivity contribution is 5.76. The molecule has 1 amide bonds. The molecule has 2 rings (SSSR count). The molecule has 0 saturated carbocycles. The van der Waals surface area contributed by atoms with E-state index in [0.29, 0.717) is 6.42 Å². The van der Waals surface area contributed by atoms with Crippen LogP contribution in [0.5, 0.6) is 5.75 Å². The summed E-state index contributed by atoms with van der Waals surface area (Å²) >= 11 is 0. The molecule has 2 aromatic carbocycles. The van der Waals surface area contributed by atoms with Crippen molar-refractivity contribution < 1.29 is 9.53 Å². The summed E-state index contributed by atoms with van der Waals surface area (Å²) in [7, 11) is 0. The molecule has 2 aromatic rings. The quantitative estimate of drug-likeness (QED) is 0.610. The van der Waals surface area contributed by atoms with Gasteiger partial charge in [0.2, 0.25) is 5.91 Å². The van der Waals surface area contributed by atoms with Gasteiger partial charge in [0.15, 0.2) is 0 Å². The van der Waals surface area contributed by atoms with E-state index in [0.717, 1.165) is 37.3 Å². The predicted octanol–water partition coefficient (Wildman–Crippen LogP) is 5.33. The second-order valence-electron chi connectivity index (χ2n) is 6.77. The number of aryl methyl sites for hydroxylation is 1. The third-order valence-corrected chi connectivity index (χ3v) is 4.69. The molecule has 0 heterocycles. The van der Waals surface area contributed by atoms with Crippen LogP contribution in [0.25, 0.3) is 0 Å². The highest BCUT2D eigenvalue weighted by Gasteiger charge is 2.20. The number of carbonyl (C=O) groups is 1. The van der Waals surface area contributed by atoms with Crippen molar-refractivity contribution in [3.63, 3.8) is 0 Å². The Morgan fingerprint density at radius 1 is 1.04 bits per heavy atom. The molecular weight excluding hydrogens is 322 g/mol. The van der Waals surface area contributed by atoms with E-state index < -0.39 is 0 Å². The summed E-state index contributed by atoms with van der Waals surface area (Å²) in [5, 5.41) is 0. The van der Waals surface area contributed by atoms with Crippen LogP contribution in [0.2, 0.25) is 0 Å². The summed E-state index contributed by atoms with van der Waals surface area (Å²) in [6.45, 7) is 9.67. The van der Waals surface area contributed by atoms with E-state index in [1.807, 2.05) is 24.0 Å². The molecule has 1 unspecified atom stereocenters. The second-order valence-corrected chi connectivity index (χ2v) is 6.77. The minimum Gasteiger partial charge on any atom is -0.494 e. The maximum atomic E-state index is 12.5. The van der Waals surface area contributed by atoms with Crippen LogP contribution in [0.15, 0.2) is 48.5 Å². The molecule has 3 nitrogen and oxygen atoms in total. The lowest BCUT2D eigenvalue weighted by molar-refractivity contribution is -0.133. The number of ether oxygens (including phenoxy) is 1. The molecule has 0 aromatic heterocycles. The third-order valence-electron chi connectivity index (χ3n) is 4.69.